The Bertz CT molecular complexity index is 259. The van der Waals surface area contributed by atoms with Gasteiger partial charge in [0, 0.05) is 0 Å². The zero-order chi connectivity index (χ0) is 10.1. The van der Waals surface area contributed by atoms with Crippen molar-refractivity contribution in [3.8, 4) is 0 Å². The van der Waals surface area contributed by atoms with Crippen molar-refractivity contribution >= 4 is 10.0 Å². The molecule has 2 N–H and O–H groups in total. The number of sulfonamides is 1. The van der Waals surface area contributed by atoms with Gasteiger partial charge in [0.05, 0.1) is 5.25 Å². The average Bonchev–Trinajstić information content (AvgIpc) is 2.03. The molecule has 1 fully saturated rings. The van der Waals surface area contributed by atoms with Crippen molar-refractivity contribution in [3.63, 3.8) is 0 Å². The van der Waals surface area contributed by atoms with E-state index in [2.05, 4.69) is 13.8 Å². The van der Waals surface area contributed by atoms with Crippen molar-refractivity contribution in [3.05, 3.63) is 0 Å². The highest BCUT2D eigenvalue weighted by molar-refractivity contribution is 7.89. The van der Waals surface area contributed by atoms with Gasteiger partial charge < -0.3 is 0 Å². The molecule has 0 amide bonds. The number of rotatable bonds is 2. The van der Waals surface area contributed by atoms with Crippen LogP contribution in [-0.4, -0.2) is 13.7 Å². The SMILES string of the molecule is CC(C)C1CCCCC1S(N)(=O)=O. The first-order valence-corrected chi connectivity index (χ1v) is 6.55. The van der Waals surface area contributed by atoms with Crippen LogP contribution < -0.4 is 5.14 Å². The predicted octanol–water partition coefficient (Wildman–Crippen LogP) is 1.49. The molecule has 0 aromatic carbocycles. The molecule has 0 aromatic rings. The third-order valence-corrected chi connectivity index (χ3v) is 4.46. The van der Waals surface area contributed by atoms with Crippen LogP contribution in [0.4, 0.5) is 0 Å². The average molecular weight is 205 g/mol. The molecule has 0 spiro atoms. The summed E-state index contributed by atoms with van der Waals surface area (Å²) in [6, 6.07) is 0. The van der Waals surface area contributed by atoms with E-state index >= 15 is 0 Å². The van der Waals surface area contributed by atoms with Gasteiger partial charge in [-0.1, -0.05) is 26.7 Å². The smallest absolute Gasteiger partial charge is 0.212 e. The summed E-state index contributed by atoms with van der Waals surface area (Å²) < 4.78 is 22.6. The van der Waals surface area contributed by atoms with Crippen molar-refractivity contribution in [2.24, 2.45) is 17.0 Å². The molecule has 1 saturated carbocycles. The van der Waals surface area contributed by atoms with Gasteiger partial charge >= 0.3 is 0 Å². The van der Waals surface area contributed by atoms with Gasteiger partial charge in [-0.2, -0.15) is 0 Å². The minimum Gasteiger partial charge on any atom is -0.228 e. The van der Waals surface area contributed by atoms with Crippen molar-refractivity contribution < 1.29 is 8.42 Å². The standard InChI is InChI=1S/C9H19NO2S/c1-7(2)8-5-3-4-6-9(8)13(10,11)12/h7-9H,3-6H2,1-2H3,(H2,10,11,12). The van der Waals surface area contributed by atoms with Gasteiger partial charge in [-0.05, 0) is 24.7 Å². The van der Waals surface area contributed by atoms with E-state index in [9.17, 15) is 8.42 Å². The van der Waals surface area contributed by atoms with Crippen LogP contribution in [0, 0.1) is 11.8 Å². The third-order valence-electron chi connectivity index (χ3n) is 3.03. The zero-order valence-electron chi connectivity index (χ0n) is 8.36. The fourth-order valence-corrected chi connectivity index (χ4v) is 3.73. The highest BCUT2D eigenvalue weighted by Crippen LogP contribution is 2.33. The maximum Gasteiger partial charge on any atom is 0.212 e. The van der Waals surface area contributed by atoms with Crippen LogP contribution >= 0.6 is 0 Å². The van der Waals surface area contributed by atoms with E-state index in [1.807, 2.05) is 0 Å². The zero-order valence-corrected chi connectivity index (χ0v) is 9.18. The Hall–Kier alpha value is -0.0900. The molecule has 2 atom stereocenters. The lowest BCUT2D eigenvalue weighted by atomic mass is 9.81. The number of primary sulfonamides is 1. The van der Waals surface area contributed by atoms with Crippen molar-refractivity contribution in [2.75, 3.05) is 0 Å². The third kappa shape index (κ3) is 2.68. The maximum atomic E-state index is 11.3. The second kappa shape index (κ2) is 3.96. The van der Waals surface area contributed by atoms with E-state index < -0.39 is 10.0 Å². The number of nitrogens with two attached hydrogens (primary N) is 1. The first-order valence-electron chi connectivity index (χ1n) is 4.94. The summed E-state index contributed by atoms with van der Waals surface area (Å²) in [5.41, 5.74) is 0. The van der Waals surface area contributed by atoms with Gasteiger partial charge in [0.2, 0.25) is 10.0 Å². The van der Waals surface area contributed by atoms with E-state index in [-0.39, 0.29) is 11.2 Å². The Balaban J connectivity index is 2.80. The molecular formula is C9H19NO2S. The van der Waals surface area contributed by atoms with Crippen LogP contribution in [0.2, 0.25) is 0 Å². The molecule has 1 aliphatic rings. The van der Waals surface area contributed by atoms with Gasteiger partial charge in [-0.3, -0.25) is 0 Å². The van der Waals surface area contributed by atoms with E-state index in [0.29, 0.717) is 5.92 Å². The Morgan fingerprint density at radius 3 is 2.15 bits per heavy atom. The summed E-state index contributed by atoms with van der Waals surface area (Å²) in [4.78, 5) is 0. The summed E-state index contributed by atoms with van der Waals surface area (Å²) in [6.45, 7) is 4.16. The second-order valence-corrected chi connectivity index (χ2v) is 6.10. The normalized spacial score (nSPS) is 30.8. The summed E-state index contributed by atoms with van der Waals surface area (Å²) in [6.07, 6.45) is 3.92. The molecule has 0 heterocycles. The van der Waals surface area contributed by atoms with Gasteiger partial charge in [0.15, 0.2) is 0 Å². The lowest BCUT2D eigenvalue weighted by Gasteiger charge is -2.32. The molecular weight excluding hydrogens is 186 g/mol. The minimum atomic E-state index is -3.32. The van der Waals surface area contributed by atoms with Crippen LogP contribution in [0.15, 0.2) is 0 Å². The maximum absolute atomic E-state index is 11.3. The summed E-state index contributed by atoms with van der Waals surface area (Å²) in [5, 5.41) is 4.92. The molecule has 13 heavy (non-hydrogen) atoms. The summed E-state index contributed by atoms with van der Waals surface area (Å²) in [7, 11) is -3.32. The van der Waals surface area contributed by atoms with Gasteiger partial charge in [-0.15, -0.1) is 0 Å². The second-order valence-electron chi connectivity index (χ2n) is 4.32. The molecule has 2 unspecified atom stereocenters. The molecule has 1 aliphatic carbocycles. The fourth-order valence-electron chi connectivity index (χ4n) is 2.30. The molecule has 0 aromatic heterocycles. The predicted molar refractivity (Wildman–Crippen MR) is 53.7 cm³/mol. The minimum absolute atomic E-state index is 0.267. The lowest BCUT2D eigenvalue weighted by molar-refractivity contribution is 0.280. The van der Waals surface area contributed by atoms with Crippen LogP contribution in [0.5, 0.6) is 0 Å². The fraction of sp³-hybridized carbons (Fsp3) is 1.00. The highest BCUT2D eigenvalue weighted by atomic mass is 32.2. The Labute approximate surface area is 80.8 Å². The van der Waals surface area contributed by atoms with Crippen molar-refractivity contribution in [2.45, 2.75) is 44.8 Å². The topological polar surface area (TPSA) is 60.2 Å². The highest BCUT2D eigenvalue weighted by Gasteiger charge is 2.34. The molecule has 0 radical (unpaired) electrons. The Morgan fingerprint density at radius 1 is 1.23 bits per heavy atom. The summed E-state index contributed by atoms with van der Waals surface area (Å²) in [5.74, 6) is 0.687. The molecule has 4 heteroatoms. The van der Waals surface area contributed by atoms with Crippen molar-refractivity contribution in [1.82, 2.24) is 0 Å². The van der Waals surface area contributed by atoms with Crippen LogP contribution in [0.25, 0.3) is 0 Å². The molecule has 0 aliphatic heterocycles. The lowest BCUT2D eigenvalue weighted by Crippen LogP contribution is -2.39. The van der Waals surface area contributed by atoms with Gasteiger partial charge in [-0.25, -0.2) is 13.6 Å². The van der Waals surface area contributed by atoms with Crippen LogP contribution in [0.1, 0.15) is 39.5 Å². The van der Waals surface area contributed by atoms with Gasteiger partial charge in [0.25, 0.3) is 0 Å². The summed E-state index contributed by atoms with van der Waals surface area (Å²) >= 11 is 0. The number of hydrogen-bond acceptors (Lipinski definition) is 2. The van der Waals surface area contributed by atoms with E-state index in [1.165, 1.54) is 0 Å². The molecule has 1 rings (SSSR count). The quantitative estimate of drug-likeness (QED) is 0.742. The van der Waals surface area contributed by atoms with Crippen molar-refractivity contribution in [1.29, 1.82) is 0 Å². The largest absolute Gasteiger partial charge is 0.228 e. The molecule has 0 saturated heterocycles. The Morgan fingerprint density at radius 2 is 1.77 bits per heavy atom. The first-order chi connectivity index (χ1) is 5.93. The monoisotopic (exact) mass is 205 g/mol. The number of hydrogen-bond donors (Lipinski definition) is 1. The molecule has 3 nitrogen and oxygen atoms in total. The van der Waals surface area contributed by atoms with Gasteiger partial charge in [0.1, 0.15) is 0 Å². The van der Waals surface area contributed by atoms with E-state index in [0.717, 1.165) is 25.7 Å². The van der Waals surface area contributed by atoms with E-state index in [4.69, 9.17) is 5.14 Å². The van der Waals surface area contributed by atoms with Crippen LogP contribution in [0.3, 0.4) is 0 Å². The molecule has 78 valence electrons. The molecule has 0 bridgehead atoms. The van der Waals surface area contributed by atoms with E-state index in [1.54, 1.807) is 0 Å². The van der Waals surface area contributed by atoms with Crippen LogP contribution in [-0.2, 0) is 10.0 Å². The Kier molecular flexibility index (Phi) is 3.35. The first kappa shape index (κ1) is 11.0.